The Morgan fingerprint density at radius 3 is 2.42 bits per heavy atom. The molecule has 0 bridgehead atoms. The predicted molar refractivity (Wildman–Crippen MR) is 74.4 cm³/mol. The van der Waals surface area contributed by atoms with Gasteiger partial charge in [-0.2, -0.15) is 0 Å². The number of hydrogen-bond acceptors (Lipinski definition) is 4. The molecular weight excluding hydrogens is 312 g/mol. The number of benzene rings is 1. The van der Waals surface area contributed by atoms with Gasteiger partial charge in [0.05, 0.1) is 0 Å². The summed E-state index contributed by atoms with van der Waals surface area (Å²) < 4.78 is 10.8. The number of carbonyl (C=O) groups excluding carboxylic acids is 2. The second-order valence-corrected chi connectivity index (χ2v) is 4.96. The molecule has 5 heteroatoms. The van der Waals surface area contributed by atoms with Gasteiger partial charge in [0.2, 0.25) is 0 Å². The van der Waals surface area contributed by atoms with E-state index >= 15 is 0 Å². The molecule has 102 valence electrons. The maximum atomic E-state index is 11.5. The fourth-order valence-corrected chi connectivity index (χ4v) is 1.55. The lowest BCUT2D eigenvalue weighted by Crippen LogP contribution is -2.18. The Hall–Kier alpha value is -1.62. The first-order chi connectivity index (χ1) is 8.90. The summed E-state index contributed by atoms with van der Waals surface area (Å²) in [6.07, 6.45) is -0.399. The Balaban J connectivity index is 2.46. The van der Waals surface area contributed by atoms with Crippen LogP contribution in [0.25, 0.3) is 0 Å². The zero-order chi connectivity index (χ0) is 14.4. The summed E-state index contributed by atoms with van der Waals surface area (Å²) in [5.41, 5.74) is 1.11. The average molecular weight is 327 g/mol. The highest BCUT2D eigenvalue weighted by atomic mass is 79.9. The Bertz CT molecular complexity index is 479. The molecule has 19 heavy (non-hydrogen) atoms. The molecule has 0 N–H and O–H groups in total. The molecule has 0 aromatic heterocycles. The largest absolute Gasteiger partial charge is 0.455 e. The number of carbonyl (C=O) groups is 2. The summed E-state index contributed by atoms with van der Waals surface area (Å²) in [5, 5.41) is 0. The van der Waals surface area contributed by atoms with Crippen molar-refractivity contribution in [2.24, 2.45) is 0 Å². The fourth-order valence-electron chi connectivity index (χ4n) is 1.28. The van der Waals surface area contributed by atoms with Gasteiger partial charge in [-0.05, 0) is 31.5 Å². The van der Waals surface area contributed by atoms with Gasteiger partial charge in [-0.25, -0.2) is 9.59 Å². The number of esters is 2. The first-order valence-electron chi connectivity index (χ1n) is 5.67. The molecule has 1 unspecified atom stereocenters. The van der Waals surface area contributed by atoms with Crippen molar-refractivity contribution in [1.82, 2.24) is 0 Å². The lowest BCUT2D eigenvalue weighted by atomic mass is 10.1. The number of ether oxygens (including phenoxy) is 2. The third-order valence-corrected chi connectivity index (χ3v) is 2.85. The van der Waals surface area contributed by atoms with E-state index < -0.39 is 24.6 Å². The second kappa shape index (κ2) is 7.09. The van der Waals surface area contributed by atoms with E-state index in [1.807, 2.05) is 24.3 Å². The molecule has 1 atom stereocenters. The second-order valence-electron chi connectivity index (χ2n) is 4.04. The molecule has 0 aliphatic carbocycles. The van der Waals surface area contributed by atoms with Crippen LogP contribution in [0.4, 0.5) is 0 Å². The monoisotopic (exact) mass is 326 g/mol. The van der Waals surface area contributed by atoms with Crippen LogP contribution in [0.15, 0.2) is 40.9 Å². The molecule has 0 fully saturated rings. The van der Waals surface area contributed by atoms with Crippen molar-refractivity contribution in [3.8, 4) is 0 Å². The highest BCUT2D eigenvalue weighted by Gasteiger charge is 2.14. The van der Waals surface area contributed by atoms with Gasteiger partial charge in [0.15, 0.2) is 6.61 Å². The van der Waals surface area contributed by atoms with Crippen LogP contribution in [0.3, 0.4) is 0 Å². The normalized spacial score (nSPS) is 11.5. The molecule has 0 aliphatic heterocycles. The van der Waals surface area contributed by atoms with Crippen LogP contribution in [0.1, 0.15) is 25.5 Å². The number of rotatable bonds is 5. The van der Waals surface area contributed by atoms with Crippen LogP contribution in [-0.2, 0) is 19.1 Å². The van der Waals surface area contributed by atoms with Gasteiger partial charge >= 0.3 is 11.9 Å². The molecule has 0 radical (unpaired) electrons. The third-order valence-electron chi connectivity index (χ3n) is 2.32. The van der Waals surface area contributed by atoms with Crippen molar-refractivity contribution in [3.05, 3.63) is 46.5 Å². The fraction of sp³-hybridized carbons (Fsp3) is 0.286. The minimum atomic E-state index is -0.603. The topological polar surface area (TPSA) is 52.6 Å². The van der Waals surface area contributed by atoms with E-state index in [-0.39, 0.29) is 5.57 Å². The van der Waals surface area contributed by atoms with E-state index in [9.17, 15) is 9.59 Å². The Labute approximate surface area is 120 Å². The molecule has 0 saturated heterocycles. The maximum absolute atomic E-state index is 11.5. The van der Waals surface area contributed by atoms with Gasteiger partial charge in [0, 0.05) is 10.0 Å². The predicted octanol–water partition coefficient (Wildman–Crippen LogP) is 3.17. The first-order valence-corrected chi connectivity index (χ1v) is 6.47. The molecule has 0 aliphatic rings. The molecule has 0 spiro atoms. The van der Waals surface area contributed by atoms with Gasteiger partial charge in [-0.1, -0.05) is 34.6 Å². The summed E-state index contributed by atoms with van der Waals surface area (Å²) in [6.45, 7) is 6.27. The molecule has 0 saturated carbocycles. The van der Waals surface area contributed by atoms with Crippen LogP contribution < -0.4 is 0 Å². The van der Waals surface area contributed by atoms with Crippen LogP contribution in [-0.4, -0.2) is 18.5 Å². The maximum Gasteiger partial charge on any atom is 0.344 e. The van der Waals surface area contributed by atoms with Gasteiger partial charge in [-0.15, -0.1) is 0 Å². The quantitative estimate of drug-likeness (QED) is 0.616. The van der Waals surface area contributed by atoms with Crippen molar-refractivity contribution in [3.63, 3.8) is 0 Å². The van der Waals surface area contributed by atoms with Crippen molar-refractivity contribution in [1.29, 1.82) is 0 Å². The first kappa shape index (κ1) is 15.4. The van der Waals surface area contributed by atoms with E-state index in [4.69, 9.17) is 9.47 Å². The highest BCUT2D eigenvalue weighted by molar-refractivity contribution is 9.10. The summed E-state index contributed by atoms with van der Waals surface area (Å²) in [6, 6.07) is 7.42. The summed E-state index contributed by atoms with van der Waals surface area (Å²) in [5.74, 6) is -1.20. The average Bonchev–Trinajstić information content (AvgIpc) is 2.36. The summed E-state index contributed by atoms with van der Waals surface area (Å²) in [7, 11) is 0. The molecule has 1 aromatic carbocycles. The Kier molecular flexibility index (Phi) is 5.76. The summed E-state index contributed by atoms with van der Waals surface area (Å²) >= 11 is 3.33. The van der Waals surface area contributed by atoms with E-state index in [1.54, 1.807) is 6.92 Å². The number of halogens is 1. The van der Waals surface area contributed by atoms with Crippen LogP contribution in [0.2, 0.25) is 0 Å². The lowest BCUT2D eigenvalue weighted by molar-refractivity contribution is -0.160. The van der Waals surface area contributed by atoms with Crippen molar-refractivity contribution >= 4 is 27.9 Å². The van der Waals surface area contributed by atoms with Gasteiger partial charge in [-0.3, -0.25) is 0 Å². The third kappa shape index (κ3) is 5.26. The van der Waals surface area contributed by atoms with Crippen LogP contribution >= 0.6 is 15.9 Å². The number of hydrogen-bond donors (Lipinski definition) is 0. The van der Waals surface area contributed by atoms with E-state index in [1.165, 1.54) is 6.92 Å². The molecule has 0 amide bonds. The molecule has 4 nitrogen and oxygen atoms in total. The Morgan fingerprint density at radius 1 is 1.32 bits per heavy atom. The molecule has 1 aromatic rings. The van der Waals surface area contributed by atoms with Crippen LogP contribution in [0.5, 0.6) is 0 Å². The van der Waals surface area contributed by atoms with Crippen molar-refractivity contribution in [2.45, 2.75) is 20.0 Å². The lowest BCUT2D eigenvalue weighted by Gasteiger charge is -2.13. The van der Waals surface area contributed by atoms with E-state index in [2.05, 4.69) is 22.5 Å². The highest BCUT2D eigenvalue weighted by Crippen LogP contribution is 2.19. The zero-order valence-electron chi connectivity index (χ0n) is 10.8. The van der Waals surface area contributed by atoms with Crippen molar-refractivity contribution in [2.75, 3.05) is 6.61 Å². The zero-order valence-corrected chi connectivity index (χ0v) is 12.4. The van der Waals surface area contributed by atoms with Gasteiger partial charge < -0.3 is 9.47 Å². The van der Waals surface area contributed by atoms with Gasteiger partial charge in [0.25, 0.3) is 0 Å². The standard InChI is InChI=1S/C14H15BrO4/c1-9(2)14(17)18-8-13(16)19-10(3)11-4-6-12(15)7-5-11/h4-7,10H,1,8H2,2-3H3. The van der Waals surface area contributed by atoms with E-state index in [0.717, 1.165) is 10.0 Å². The molecule has 0 heterocycles. The summed E-state index contributed by atoms with van der Waals surface area (Å²) in [4.78, 5) is 22.6. The SMILES string of the molecule is C=C(C)C(=O)OCC(=O)OC(C)c1ccc(Br)cc1. The van der Waals surface area contributed by atoms with E-state index in [0.29, 0.717) is 0 Å². The Morgan fingerprint density at radius 2 is 1.89 bits per heavy atom. The minimum absolute atomic E-state index is 0.244. The molecule has 1 rings (SSSR count). The minimum Gasteiger partial charge on any atom is -0.455 e. The van der Waals surface area contributed by atoms with Crippen molar-refractivity contribution < 1.29 is 19.1 Å². The smallest absolute Gasteiger partial charge is 0.344 e. The van der Waals surface area contributed by atoms with Gasteiger partial charge in [0.1, 0.15) is 6.10 Å². The van der Waals surface area contributed by atoms with Crippen LogP contribution in [0, 0.1) is 0 Å². The molecular formula is C14H15BrO4.